The highest BCUT2D eigenvalue weighted by Crippen LogP contribution is 2.27. The van der Waals surface area contributed by atoms with Crippen molar-refractivity contribution in [1.82, 2.24) is 9.62 Å². The summed E-state index contributed by atoms with van der Waals surface area (Å²) in [5.41, 5.74) is 0. The molecule has 4 nitrogen and oxygen atoms in total. The summed E-state index contributed by atoms with van der Waals surface area (Å²) < 4.78 is 26.7. The van der Waals surface area contributed by atoms with Gasteiger partial charge in [-0.15, -0.1) is 0 Å². The van der Waals surface area contributed by atoms with Crippen LogP contribution in [0.3, 0.4) is 0 Å². The number of sulfonamides is 1. The van der Waals surface area contributed by atoms with Crippen molar-refractivity contribution in [2.45, 2.75) is 64.3 Å². The van der Waals surface area contributed by atoms with Crippen LogP contribution in [0.4, 0.5) is 0 Å². The molecule has 0 amide bonds. The molecule has 102 valence electrons. The molecular weight excluding hydrogens is 236 g/mol. The fraction of sp³-hybridized carbons (Fsp3) is 1.00. The molecule has 0 aliphatic carbocycles. The molecule has 17 heavy (non-hydrogen) atoms. The molecule has 0 aromatic heterocycles. The standard InChI is InChI=1S/C12H26N2O2S/c1-5-13-9-12(4)17(15,16)14-10(2)7-6-8-11(14)3/h10-13H,5-9H2,1-4H3. The van der Waals surface area contributed by atoms with Gasteiger partial charge in [0.2, 0.25) is 10.0 Å². The van der Waals surface area contributed by atoms with Crippen LogP contribution in [0.15, 0.2) is 0 Å². The number of nitrogens with one attached hydrogen (secondary N) is 1. The number of piperidine rings is 1. The second-order valence-electron chi connectivity index (χ2n) is 5.12. The maximum atomic E-state index is 12.5. The maximum Gasteiger partial charge on any atom is 0.218 e. The largest absolute Gasteiger partial charge is 0.316 e. The third-order valence-electron chi connectivity index (χ3n) is 3.60. The monoisotopic (exact) mass is 262 g/mol. The van der Waals surface area contributed by atoms with Gasteiger partial charge in [-0.1, -0.05) is 13.3 Å². The SMILES string of the molecule is CCNCC(C)S(=O)(=O)N1C(C)CCCC1C. The third-order valence-corrected chi connectivity index (χ3v) is 6.09. The van der Waals surface area contributed by atoms with Crippen LogP contribution in [0, 0.1) is 0 Å². The van der Waals surface area contributed by atoms with Crippen LogP contribution >= 0.6 is 0 Å². The Morgan fingerprint density at radius 2 is 1.82 bits per heavy atom. The van der Waals surface area contributed by atoms with E-state index < -0.39 is 10.0 Å². The summed E-state index contributed by atoms with van der Waals surface area (Å²) in [7, 11) is -3.16. The summed E-state index contributed by atoms with van der Waals surface area (Å²) in [5, 5.41) is 2.77. The van der Waals surface area contributed by atoms with Crippen LogP contribution < -0.4 is 5.32 Å². The van der Waals surface area contributed by atoms with Crippen LogP contribution in [-0.4, -0.2) is 43.1 Å². The lowest BCUT2D eigenvalue weighted by atomic mass is 10.0. The highest BCUT2D eigenvalue weighted by molar-refractivity contribution is 7.89. The molecule has 1 aliphatic heterocycles. The second kappa shape index (κ2) is 6.16. The molecule has 0 spiro atoms. The molecule has 3 atom stereocenters. The van der Waals surface area contributed by atoms with Crippen LogP contribution in [0.5, 0.6) is 0 Å². The van der Waals surface area contributed by atoms with Gasteiger partial charge in [0.25, 0.3) is 0 Å². The van der Waals surface area contributed by atoms with Crippen molar-refractivity contribution in [2.75, 3.05) is 13.1 Å². The van der Waals surface area contributed by atoms with Crippen LogP contribution in [0.2, 0.25) is 0 Å². The molecule has 1 N–H and O–H groups in total. The predicted octanol–water partition coefficient (Wildman–Crippen LogP) is 1.58. The second-order valence-corrected chi connectivity index (χ2v) is 7.38. The van der Waals surface area contributed by atoms with Crippen molar-refractivity contribution < 1.29 is 8.42 Å². The lowest BCUT2D eigenvalue weighted by Gasteiger charge is -2.39. The Balaban J connectivity index is 2.80. The number of nitrogens with zero attached hydrogens (tertiary/aromatic N) is 1. The molecule has 1 rings (SSSR count). The van der Waals surface area contributed by atoms with E-state index >= 15 is 0 Å². The summed E-state index contributed by atoms with van der Waals surface area (Å²) in [6.07, 6.45) is 3.10. The first kappa shape index (κ1) is 14.9. The minimum atomic E-state index is -3.16. The first-order valence-electron chi connectivity index (χ1n) is 6.64. The van der Waals surface area contributed by atoms with Gasteiger partial charge >= 0.3 is 0 Å². The Morgan fingerprint density at radius 1 is 1.29 bits per heavy atom. The molecule has 0 bridgehead atoms. The van der Waals surface area contributed by atoms with Gasteiger partial charge in [-0.3, -0.25) is 0 Å². The fourth-order valence-electron chi connectivity index (χ4n) is 2.56. The average Bonchev–Trinajstić information content (AvgIpc) is 2.25. The van der Waals surface area contributed by atoms with Crippen molar-refractivity contribution >= 4 is 10.0 Å². The van der Waals surface area contributed by atoms with E-state index in [4.69, 9.17) is 0 Å². The minimum absolute atomic E-state index is 0.146. The predicted molar refractivity (Wildman–Crippen MR) is 71.5 cm³/mol. The average molecular weight is 262 g/mol. The molecule has 0 radical (unpaired) electrons. The molecule has 1 aliphatic rings. The van der Waals surface area contributed by atoms with Gasteiger partial charge in [-0.2, -0.15) is 4.31 Å². The van der Waals surface area contributed by atoms with Crippen molar-refractivity contribution in [3.8, 4) is 0 Å². The van der Waals surface area contributed by atoms with Gasteiger partial charge in [0.15, 0.2) is 0 Å². The lowest BCUT2D eigenvalue weighted by Crippen LogP contribution is -2.52. The highest BCUT2D eigenvalue weighted by atomic mass is 32.2. The van der Waals surface area contributed by atoms with E-state index in [0.29, 0.717) is 6.54 Å². The van der Waals surface area contributed by atoms with Gasteiger partial charge in [0.1, 0.15) is 0 Å². The first-order valence-corrected chi connectivity index (χ1v) is 8.14. The van der Waals surface area contributed by atoms with Crippen molar-refractivity contribution in [2.24, 2.45) is 0 Å². The molecule has 0 aromatic rings. The topological polar surface area (TPSA) is 49.4 Å². The number of hydrogen-bond acceptors (Lipinski definition) is 3. The third kappa shape index (κ3) is 3.42. The van der Waals surface area contributed by atoms with Crippen LogP contribution in [0.25, 0.3) is 0 Å². The van der Waals surface area contributed by atoms with E-state index in [1.807, 2.05) is 20.8 Å². The summed E-state index contributed by atoms with van der Waals surface area (Å²) in [4.78, 5) is 0. The Labute approximate surface area is 106 Å². The number of hydrogen-bond donors (Lipinski definition) is 1. The molecule has 5 heteroatoms. The Morgan fingerprint density at radius 3 is 2.29 bits per heavy atom. The summed E-state index contributed by atoms with van der Waals surface area (Å²) in [6, 6.07) is 0.292. The molecule has 1 heterocycles. The smallest absolute Gasteiger partial charge is 0.218 e. The Bertz CT molecular complexity index is 319. The lowest BCUT2D eigenvalue weighted by molar-refractivity contribution is 0.202. The summed E-state index contributed by atoms with van der Waals surface area (Å²) in [6.45, 7) is 9.18. The molecule has 1 fully saturated rings. The molecule has 0 aromatic carbocycles. The summed E-state index contributed by atoms with van der Waals surface area (Å²) in [5.74, 6) is 0. The van der Waals surface area contributed by atoms with E-state index in [0.717, 1.165) is 25.8 Å². The minimum Gasteiger partial charge on any atom is -0.316 e. The van der Waals surface area contributed by atoms with Crippen molar-refractivity contribution in [1.29, 1.82) is 0 Å². The Kier molecular flexibility index (Phi) is 5.41. The van der Waals surface area contributed by atoms with E-state index in [9.17, 15) is 8.42 Å². The van der Waals surface area contributed by atoms with Gasteiger partial charge in [-0.25, -0.2) is 8.42 Å². The summed E-state index contributed by atoms with van der Waals surface area (Å²) >= 11 is 0. The van der Waals surface area contributed by atoms with Crippen molar-refractivity contribution in [3.05, 3.63) is 0 Å². The van der Waals surface area contributed by atoms with Gasteiger partial charge in [-0.05, 0) is 40.2 Å². The van der Waals surface area contributed by atoms with Gasteiger partial charge < -0.3 is 5.32 Å². The highest BCUT2D eigenvalue weighted by Gasteiger charge is 2.37. The van der Waals surface area contributed by atoms with E-state index in [1.54, 1.807) is 11.2 Å². The van der Waals surface area contributed by atoms with E-state index in [-0.39, 0.29) is 17.3 Å². The maximum absolute atomic E-state index is 12.5. The quantitative estimate of drug-likeness (QED) is 0.818. The van der Waals surface area contributed by atoms with Crippen molar-refractivity contribution in [3.63, 3.8) is 0 Å². The van der Waals surface area contributed by atoms with Crippen LogP contribution in [-0.2, 0) is 10.0 Å². The van der Waals surface area contributed by atoms with Gasteiger partial charge in [0, 0.05) is 18.6 Å². The fourth-order valence-corrected chi connectivity index (χ4v) is 4.52. The van der Waals surface area contributed by atoms with E-state index in [1.165, 1.54) is 0 Å². The zero-order valence-electron chi connectivity index (χ0n) is 11.4. The molecule has 0 saturated carbocycles. The van der Waals surface area contributed by atoms with Gasteiger partial charge in [0.05, 0.1) is 5.25 Å². The molecule has 1 saturated heterocycles. The Hall–Kier alpha value is -0.130. The first-order chi connectivity index (χ1) is 7.91. The zero-order chi connectivity index (χ0) is 13.1. The normalized spacial score (nSPS) is 29.2. The van der Waals surface area contributed by atoms with E-state index in [2.05, 4.69) is 5.32 Å². The zero-order valence-corrected chi connectivity index (χ0v) is 12.3. The number of rotatable bonds is 5. The van der Waals surface area contributed by atoms with Crippen LogP contribution in [0.1, 0.15) is 47.0 Å². The molecular formula is C12H26N2O2S. The molecule has 3 unspecified atom stereocenters.